The smallest absolute Gasteiger partial charge is 0.159 e. The van der Waals surface area contributed by atoms with Crippen molar-refractivity contribution < 1.29 is 13.5 Å². The number of hydrogen-bond acceptors (Lipinski definition) is 4. The van der Waals surface area contributed by atoms with Crippen LogP contribution in [0.3, 0.4) is 0 Å². The zero-order valence-corrected chi connectivity index (χ0v) is 10.9. The fourth-order valence-electron chi connectivity index (χ4n) is 1.92. The Balaban J connectivity index is 2.36. The van der Waals surface area contributed by atoms with Gasteiger partial charge >= 0.3 is 0 Å². The van der Waals surface area contributed by atoms with E-state index in [0.717, 1.165) is 12.1 Å². The van der Waals surface area contributed by atoms with Gasteiger partial charge in [-0.2, -0.15) is 0 Å². The van der Waals surface area contributed by atoms with E-state index in [1.54, 1.807) is 18.5 Å². The highest BCUT2D eigenvalue weighted by molar-refractivity contribution is 5.34. The van der Waals surface area contributed by atoms with Crippen LogP contribution in [-0.4, -0.2) is 11.6 Å². The van der Waals surface area contributed by atoms with Crippen LogP contribution in [0.25, 0.3) is 0 Å². The average molecular weight is 279 g/mol. The van der Waals surface area contributed by atoms with Crippen LogP contribution in [0.5, 0.6) is 5.75 Å². The predicted molar refractivity (Wildman–Crippen MR) is 70.9 cm³/mol. The number of benzene rings is 1. The van der Waals surface area contributed by atoms with Gasteiger partial charge in [0.1, 0.15) is 5.75 Å². The SMILES string of the molecule is CCOc1cncc(C(NN)c2ccc(F)c(F)c2)c1. The molecule has 0 spiro atoms. The molecule has 1 heterocycles. The van der Waals surface area contributed by atoms with E-state index in [4.69, 9.17) is 10.6 Å². The molecule has 6 heteroatoms. The highest BCUT2D eigenvalue weighted by atomic mass is 19.2. The molecule has 0 bridgehead atoms. The zero-order valence-electron chi connectivity index (χ0n) is 10.9. The van der Waals surface area contributed by atoms with Gasteiger partial charge in [0, 0.05) is 6.20 Å². The van der Waals surface area contributed by atoms with Crippen molar-refractivity contribution in [2.45, 2.75) is 13.0 Å². The number of hydrazine groups is 1. The van der Waals surface area contributed by atoms with Crippen molar-refractivity contribution in [1.82, 2.24) is 10.4 Å². The lowest BCUT2D eigenvalue weighted by Gasteiger charge is -2.17. The Morgan fingerprint density at radius 3 is 2.65 bits per heavy atom. The molecule has 0 aliphatic heterocycles. The monoisotopic (exact) mass is 279 g/mol. The average Bonchev–Trinajstić information content (AvgIpc) is 2.44. The van der Waals surface area contributed by atoms with Crippen LogP contribution in [-0.2, 0) is 0 Å². The van der Waals surface area contributed by atoms with Crippen LogP contribution >= 0.6 is 0 Å². The van der Waals surface area contributed by atoms with E-state index >= 15 is 0 Å². The number of ether oxygens (including phenoxy) is 1. The molecule has 2 aromatic rings. The van der Waals surface area contributed by atoms with Crippen LogP contribution in [0.15, 0.2) is 36.7 Å². The highest BCUT2D eigenvalue weighted by Gasteiger charge is 2.15. The third-order valence-electron chi connectivity index (χ3n) is 2.82. The molecule has 1 atom stereocenters. The van der Waals surface area contributed by atoms with Crippen LogP contribution in [0.4, 0.5) is 8.78 Å². The lowest BCUT2D eigenvalue weighted by molar-refractivity contribution is 0.338. The van der Waals surface area contributed by atoms with Gasteiger partial charge in [-0.05, 0) is 36.2 Å². The Morgan fingerprint density at radius 1 is 1.20 bits per heavy atom. The van der Waals surface area contributed by atoms with Gasteiger partial charge in [0.15, 0.2) is 11.6 Å². The lowest BCUT2D eigenvalue weighted by Crippen LogP contribution is -2.29. The first-order valence-electron chi connectivity index (χ1n) is 6.14. The number of nitrogens with one attached hydrogen (secondary N) is 1. The number of halogens is 2. The second kappa shape index (κ2) is 6.40. The van der Waals surface area contributed by atoms with E-state index in [9.17, 15) is 8.78 Å². The van der Waals surface area contributed by atoms with E-state index in [-0.39, 0.29) is 0 Å². The third-order valence-corrected chi connectivity index (χ3v) is 2.82. The Kier molecular flexibility index (Phi) is 4.60. The molecule has 0 aliphatic rings. The Hall–Kier alpha value is -2.05. The van der Waals surface area contributed by atoms with E-state index in [1.165, 1.54) is 6.07 Å². The number of nitrogens with zero attached hydrogens (tertiary/aromatic N) is 1. The van der Waals surface area contributed by atoms with Crippen LogP contribution in [0, 0.1) is 11.6 Å². The number of nitrogens with two attached hydrogens (primary N) is 1. The summed E-state index contributed by atoms with van der Waals surface area (Å²) in [5.74, 6) is 4.29. The van der Waals surface area contributed by atoms with Gasteiger partial charge in [-0.15, -0.1) is 0 Å². The molecule has 0 saturated heterocycles. The molecule has 1 aromatic carbocycles. The number of hydrogen-bond donors (Lipinski definition) is 2. The fraction of sp³-hybridized carbons (Fsp3) is 0.214. The zero-order chi connectivity index (χ0) is 14.5. The van der Waals surface area contributed by atoms with Crippen molar-refractivity contribution in [3.8, 4) is 5.75 Å². The van der Waals surface area contributed by atoms with Crippen molar-refractivity contribution in [2.75, 3.05) is 6.61 Å². The molecule has 2 rings (SSSR count). The molecule has 0 fully saturated rings. The molecule has 0 amide bonds. The molecule has 0 aliphatic carbocycles. The summed E-state index contributed by atoms with van der Waals surface area (Å²) in [6, 6.07) is 4.89. The topological polar surface area (TPSA) is 60.2 Å². The maximum atomic E-state index is 13.3. The van der Waals surface area contributed by atoms with E-state index < -0.39 is 17.7 Å². The highest BCUT2D eigenvalue weighted by Crippen LogP contribution is 2.24. The quantitative estimate of drug-likeness (QED) is 0.651. The molecule has 1 aromatic heterocycles. The largest absolute Gasteiger partial charge is 0.492 e. The van der Waals surface area contributed by atoms with Crippen molar-refractivity contribution in [2.24, 2.45) is 5.84 Å². The fourth-order valence-corrected chi connectivity index (χ4v) is 1.92. The second-order valence-electron chi connectivity index (χ2n) is 4.16. The van der Waals surface area contributed by atoms with Gasteiger partial charge in [0.2, 0.25) is 0 Å². The number of pyridine rings is 1. The molecule has 4 nitrogen and oxygen atoms in total. The van der Waals surface area contributed by atoms with Gasteiger partial charge in [-0.1, -0.05) is 6.07 Å². The molecule has 106 valence electrons. The first kappa shape index (κ1) is 14.4. The Bertz CT molecular complexity index is 592. The summed E-state index contributed by atoms with van der Waals surface area (Å²) in [4.78, 5) is 4.05. The predicted octanol–water partition coefficient (Wildman–Crippen LogP) is 2.31. The summed E-state index contributed by atoms with van der Waals surface area (Å²) in [7, 11) is 0. The van der Waals surface area contributed by atoms with Gasteiger partial charge in [-0.3, -0.25) is 10.8 Å². The summed E-state index contributed by atoms with van der Waals surface area (Å²) in [5.41, 5.74) is 3.77. The molecule has 1 unspecified atom stereocenters. The van der Waals surface area contributed by atoms with Crippen molar-refractivity contribution in [3.05, 3.63) is 59.4 Å². The van der Waals surface area contributed by atoms with Crippen LogP contribution in [0.2, 0.25) is 0 Å². The normalized spacial score (nSPS) is 12.2. The summed E-state index contributed by atoms with van der Waals surface area (Å²) >= 11 is 0. The summed E-state index contributed by atoms with van der Waals surface area (Å²) < 4.78 is 31.6. The van der Waals surface area contributed by atoms with Gasteiger partial charge in [0.25, 0.3) is 0 Å². The minimum absolute atomic E-state index is 0.502. The Morgan fingerprint density at radius 2 is 2.00 bits per heavy atom. The Labute approximate surface area is 115 Å². The van der Waals surface area contributed by atoms with Crippen molar-refractivity contribution >= 4 is 0 Å². The van der Waals surface area contributed by atoms with Gasteiger partial charge in [-0.25, -0.2) is 14.2 Å². The maximum Gasteiger partial charge on any atom is 0.159 e. The summed E-state index contributed by atoms with van der Waals surface area (Å²) in [6.45, 7) is 2.37. The van der Waals surface area contributed by atoms with Crippen LogP contribution < -0.4 is 16.0 Å². The van der Waals surface area contributed by atoms with Gasteiger partial charge in [0.05, 0.1) is 18.8 Å². The molecular formula is C14H15F2N3O. The number of aromatic nitrogens is 1. The maximum absolute atomic E-state index is 13.3. The van der Waals surface area contributed by atoms with Crippen molar-refractivity contribution in [3.63, 3.8) is 0 Å². The molecular weight excluding hydrogens is 264 g/mol. The lowest BCUT2D eigenvalue weighted by atomic mass is 10.0. The third kappa shape index (κ3) is 3.09. The molecule has 0 saturated carbocycles. The second-order valence-corrected chi connectivity index (χ2v) is 4.16. The standard InChI is InChI=1S/C14H15F2N3O/c1-2-20-11-5-10(7-18-8-11)14(19-17)9-3-4-12(15)13(16)6-9/h3-8,14,19H,2,17H2,1H3. The van der Waals surface area contributed by atoms with E-state index in [1.807, 2.05) is 6.92 Å². The van der Waals surface area contributed by atoms with Crippen LogP contribution in [0.1, 0.15) is 24.1 Å². The summed E-state index contributed by atoms with van der Waals surface area (Å²) in [5, 5.41) is 0. The number of rotatable bonds is 5. The molecule has 0 radical (unpaired) electrons. The van der Waals surface area contributed by atoms with Gasteiger partial charge < -0.3 is 4.74 Å². The first-order valence-corrected chi connectivity index (χ1v) is 6.14. The van der Waals surface area contributed by atoms with E-state index in [0.29, 0.717) is 23.5 Å². The minimum Gasteiger partial charge on any atom is -0.492 e. The van der Waals surface area contributed by atoms with Crippen molar-refractivity contribution in [1.29, 1.82) is 0 Å². The minimum atomic E-state index is -0.920. The molecule has 20 heavy (non-hydrogen) atoms. The molecule has 3 N–H and O–H groups in total. The summed E-state index contributed by atoms with van der Waals surface area (Å²) in [6.07, 6.45) is 3.17. The van der Waals surface area contributed by atoms with E-state index in [2.05, 4.69) is 10.4 Å². The first-order chi connectivity index (χ1) is 9.65.